The summed E-state index contributed by atoms with van der Waals surface area (Å²) in [6.45, 7) is 4.37. The highest BCUT2D eigenvalue weighted by molar-refractivity contribution is 6.10. The lowest BCUT2D eigenvalue weighted by atomic mass is 9.83. The number of allylic oxidation sites excluding steroid dienone is 4. The van der Waals surface area contributed by atoms with Gasteiger partial charge in [-0.25, -0.2) is 0 Å². The van der Waals surface area contributed by atoms with Crippen molar-refractivity contribution in [1.82, 2.24) is 0 Å². The molecule has 10 rings (SSSR count). The van der Waals surface area contributed by atoms with Crippen LogP contribution in [0.2, 0.25) is 0 Å². The van der Waals surface area contributed by atoms with Crippen molar-refractivity contribution in [3.63, 3.8) is 0 Å². The van der Waals surface area contributed by atoms with Gasteiger partial charge in [0, 0.05) is 38.6 Å². The Morgan fingerprint density at radius 2 is 1.00 bits per heavy atom. The average molecular weight is 669 g/mol. The van der Waals surface area contributed by atoms with E-state index in [-0.39, 0.29) is 5.92 Å². The van der Waals surface area contributed by atoms with Crippen LogP contribution in [0.1, 0.15) is 34.6 Å². The van der Waals surface area contributed by atoms with E-state index in [4.69, 9.17) is 8.83 Å². The van der Waals surface area contributed by atoms with Gasteiger partial charge in [-0.1, -0.05) is 140 Å². The van der Waals surface area contributed by atoms with Gasteiger partial charge in [0.25, 0.3) is 0 Å². The Bertz CT molecular complexity index is 2910. The zero-order valence-electron chi connectivity index (χ0n) is 29.2. The standard InChI is InChI=1S/C50H36O2/c1-31-23-37(29-39(25-31)41-17-9-19-45-43-15-3-5-21-47(43)51-49(41)45)35-13-7-11-33(27-35)34-12-8-14-36(28-34)38-24-32(2)26-40(30-38)42-18-10-20-46-44-16-4-6-22-48(44)52-50(42)46/h3-27,29-30,34H,28H2,1-2H3. The quantitative estimate of drug-likeness (QED) is 0.182. The van der Waals surface area contributed by atoms with Gasteiger partial charge in [-0.2, -0.15) is 0 Å². The molecule has 2 heteroatoms. The summed E-state index contributed by atoms with van der Waals surface area (Å²) in [4.78, 5) is 0. The predicted molar refractivity (Wildman–Crippen MR) is 218 cm³/mol. The van der Waals surface area contributed by atoms with Gasteiger partial charge >= 0.3 is 0 Å². The van der Waals surface area contributed by atoms with Gasteiger partial charge in [-0.15, -0.1) is 0 Å². The lowest BCUT2D eigenvalue weighted by molar-refractivity contribution is 0.669. The molecular weight excluding hydrogens is 633 g/mol. The number of para-hydroxylation sites is 4. The van der Waals surface area contributed by atoms with E-state index in [0.29, 0.717) is 0 Å². The first-order chi connectivity index (χ1) is 25.6. The summed E-state index contributed by atoms with van der Waals surface area (Å²) in [5.74, 6) is 0.274. The summed E-state index contributed by atoms with van der Waals surface area (Å²) < 4.78 is 12.8. The smallest absolute Gasteiger partial charge is 0.143 e. The molecule has 52 heavy (non-hydrogen) atoms. The molecule has 1 atom stereocenters. The fraction of sp³-hybridized carbons (Fsp3) is 0.0800. The van der Waals surface area contributed by atoms with Crippen LogP contribution in [-0.2, 0) is 0 Å². The molecule has 0 bridgehead atoms. The summed E-state index contributed by atoms with van der Waals surface area (Å²) in [5, 5.41) is 4.61. The maximum absolute atomic E-state index is 6.43. The lowest BCUT2D eigenvalue weighted by Crippen LogP contribution is -2.02. The Labute approximate surface area is 303 Å². The van der Waals surface area contributed by atoms with Crippen LogP contribution in [0.25, 0.3) is 82.8 Å². The Balaban J connectivity index is 0.972. The third-order valence-electron chi connectivity index (χ3n) is 10.7. The van der Waals surface area contributed by atoms with Gasteiger partial charge in [0.1, 0.15) is 22.3 Å². The summed E-state index contributed by atoms with van der Waals surface area (Å²) in [5.41, 5.74) is 17.2. The van der Waals surface area contributed by atoms with E-state index in [1.807, 2.05) is 18.2 Å². The number of hydrogen-bond donors (Lipinski definition) is 0. The van der Waals surface area contributed by atoms with Crippen molar-refractivity contribution in [2.45, 2.75) is 26.2 Å². The molecule has 0 radical (unpaired) electrons. The molecule has 7 aromatic carbocycles. The van der Waals surface area contributed by atoms with E-state index < -0.39 is 0 Å². The number of hydrogen-bond acceptors (Lipinski definition) is 2. The van der Waals surface area contributed by atoms with Crippen LogP contribution in [0.5, 0.6) is 0 Å². The largest absolute Gasteiger partial charge is 0.455 e. The normalized spacial score (nSPS) is 14.5. The second-order valence-electron chi connectivity index (χ2n) is 14.2. The summed E-state index contributed by atoms with van der Waals surface area (Å²) in [7, 11) is 0. The lowest BCUT2D eigenvalue weighted by Gasteiger charge is -2.21. The number of furan rings is 2. The van der Waals surface area contributed by atoms with E-state index in [1.54, 1.807) is 0 Å². The molecule has 0 spiro atoms. The zero-order valence-corrected chi connectivity index (χ0v) is 29.2. The van der Waals surface area contributed by atoms with Crippen molar-refractivity contribution in [3.8, 4) is 33.4 Å². The fourth-order valence-corrected chi connectivity index (χ4v) is 8.25. The highest BCUT2D eigenvalue weighted by Crippen LogP contribution is 2.41. The van der Waals surface area contributed by atoms with Crippen molar-refractivity contribution in [2.24, 2.45) is 0 Å². The van der Waals surface area contributed by atoms with E-state index in [1.165, 1.54) is 50.1 Å². The van der Waals surface area contributed by atoms with Crippen LogP contribution >= 0.6 is 0 Å². The number of fused-ring (bicyclic) bond motifs is 6. The van der Waals surface area contributed by atoms with Gasteiger partial charge in [0.15, 0.2) is 0 Å². The van der Waals surface area contributed by atoms with Crippen molar-refractivity contribution in [2.75, 3.05) is 0 Å². The summed E-state index contributed by atoms with van der Waals surface area (Å²) >= 11 is 0. The second kappa shape index (κ2) is 12.1. The fourth-order valence-electron chi connectivity index (χ4n) is 8.25. The van der Waals surface area contributed by atoms with Crippen LogP contribution in [0.15, 0.2) is 173 Å². The van der Waals surface area contributed by atoms with Crippen LogP contribution in [0.3, 0.4) is 0 Å². The molecule has 2 heterocycles. The number of benzene rings is 7. The molecule has 0 amide bonds. The van der Waals surface area contributed by atoms with Crippen molar-refractivity contribution >= 4 is 49.5 Å². The molecule has 9 aromatic rings. The zero-order chi connectivity index (χ0) is 34.8. The van der Waals surface area contributed by atoms with Crippen LogP contribution in [-0.4, -0.2) is 0 Å². The topological polar surface area (TPSA) is 26.3 Å². The molecule has 0 saturated heterocycles. The molecule has 1 aliphatic rings. The Morgan fingerprint density at radius 1 is 0.462 bits per heavy atom. The highest BCUT2D eigenvalue weighted by Gasteiger charge is 2.19. The first kappa shape index (κ1) is 30.4. The molecule has 0 fully saturated rings. The third kappa shape index (κ3) is 5.18. The van der Waals surface area contributed by atoms with Crippen LogP contribution in [0.4, 0.5) is 0 Å². The first-order valence-corrected chi connectivity index (χ1v) is 18.1. The third-order valence-corrected chi connectivity index (χ3v) is 10.7. The monoisotopic (exact) mass is 668 g/mol. The molecule has 0 N–H and O–H groups in total. The molecule has 248 valence electrons. The Hall–Kier alpha value is -6.38. The van der Waals surface area contributed by atoms with E-state index in [0.717, 1.165) is 61.4 Å². The van der Waals surface area contributed by atoms with Gasteiger partial charge in [0.2, 0.25) is 0 Å². The van der Waals surface area contributed by atoms with Crippen molar-refractivity contribution in [1.29, 1.82) is 0 Å². The van der Waals surface area contributed by atoms with Crippen LogP contribution < -0.4 is 0 Å². The van der Waals surface area contributed by atoms with Gasteiger partial charge in [0.05, 0.1) is 0 Å². The van der Waals surface area contributed by atoms with E-state index in [9.17, 15) is 0 Å². The summed E-state index contributed by atoms with van der Waals surface area (Å²) in [6, 6.07) is 52.4. The Kier molecular flexibility index (Phi) is 7.11. The maximum atomic E-state index is 6.43. The molecule has 1 unspecified atom stereocenters. The van der Waals surface area contributed by atoms with Crippen molar-refractivity contribution < 1.29 is 8.83 Å². The predicted octanol–water partition coefficient (Wildman–Crippen LogP) is 14.2. The van der Waals surface area contributed by atoms with Crippen molar-refractivity contribution in [3.05, 3.63) is 186 Å². The minimum absolute atomic E-state index is 0.274. The molecule has 2 aromatic heterocycles. The van der Waals surface area contributed by atoms with Gasteiger partial charge in [-0.3, -0.25) is 0 Å². The van der Waals surface area contributed by atoms with Gasteiger partial charge in [-0.05, 0) is 94.6 Å². The summed E-state index contributed by atoms with van der Waals surface area (Å²) in [6.07, 6.45) is 7.80. The highest BCUT2D eigenvalue weighted by atomic mass is 16.3. The molecule has 1 aliphatic carbocycles. The molecular formula is C50H36O2. The number of rotatable bonds is 5. The average Bonchev–Trinajstić information content (AvgIpc) is 3.76. The maximum Gasteiger partial charge on any atom is 0.143 e. The molecule has 2 nitrogen and oxygen atoms in total. The van der Waals surface area contributed by atoms with Crippen LogP contribution in [0, 0.1) is 13.8 Å². The number of aryl methyl sites for hydroxylation is 2. The molecule has 0 saturated carbocycles. The van der Waals surface area contributed by atoms with E-state index >= 15 is 0 Å². The minimum Gasteiger partial charge on any atom is -0.455 e. The Morgan fingerprint density at radius 3 is 1.65 bits per heavy atom. The van der Waals surface area contributed by atoms with E-state index in [2.05, 4.69) is 159 Å². The minimum atomic E-state index is 0.274. The SMILES string of the molecule is Cc1cc(C2=CC=CC(c3cccc(-c4cc(C)cc(-c5cccc6c5oc5ccccc56)c4)c3)C2)cc(-c2cccc3c2oc2ccccc23)c1. The second-order valence-corrected chi connectivity index (χ2v) is 14.2. The molecule has 0 aliphatic heterocycles. The van der Waals surface area contributed by atoms with Gasteiger partial charge < -0.3 is 8.83 Å². The first-order valence-electron chi connectivity index (χ1n) is 18.1.